The summed E-state index contributed by atoms with van der Waals surface area (Å²) in [4.78, 5) is 25.0. The lowest BCUT2D eigenvalue weighted by atomic mass is 9.79. The molecule has 0 spiro atoms. The molecule has 2 bridgehead atoms. The van der Waals surface area contributed by atoms with Crippen molar-refractivity contribution in [3.63, 3.8) is 0 Å². The van der Waals surface area contributed by atoms with Crippen LogP contribution in [0.5, 0.6) is 11.5 Å². The van der Waals surface area contributed by atoms with E-state index in [1.54, 1.807) is 0 Å². The fourth-order valence-corrected chi connectivity index (χ4v) is 5.35. The van der Waals surface area contributed by atoms with Crippen LogP contribution in [0.15, 0.2) is 48.5 Å². The summed E-state index contributed by atoms with van der Waals surface area (Å²) in [6, 6.07) is 15.5. The number of amides is 1. The van der Waals surface area contributed by atoms with E-state index in [0.717, 1.165) is 18.6 Å². The Morgan fingerprint density at radius 1 is 1.00 bits per heavy atom. The van der Waals surface area contributed by atoms with E-state index in [1.165, 1.54) is 5.56 Å². The van der Waals surface area contributed by atoms with E-state index in [1.807, 2.05) is 36.4 Å². The van der Waals surface area contributed by atoms with Crippen LogP contribution in [0.1, 0.15) is 39.2 Å². The summed E-state index contributed by atoms with van der Waals surface area (Å²) in [6.45, 7) is 6.54. The number of carbonyl (C=O) groups is 2. The Balaban J connectivity index is 1.22. The van der Waals surface area contributed by atoms with Crippen LogP contribution in [0.2, 0.25) is 0 Å². The molecule has 2 saturated carbocycles. The van der Waals surface area contributed by atoms with Gasteiger partial charge in [-0.05, 0) is 66.1 Å². The topological polar surface area (TPSA) is 64.6 Å². The molecule has 1 saturated heterocycles. The molecule has 1 aliphatic heterocycles. The van der Waals surface area contributed by atoms with Gasteiger partial charge in [0.1, 0.15) is 17.6 Å². The first-order chi connectivity index (χ1) is 14.3. The Bertz CT molecular complexity index is 972. The number of benzene rings is 2. The van der Waals surface area contributed by atoms with Gasteiger partial charge in [-0.3, -0.25) is 9.59 Å². The molecule has 2 aromatic carbocycles. The SMILES string of the molecule is CC(C)(C)c1ccc(Oc2ccc(NC(=O)[C@@H]3[C@@H]4C[C@@H]5[C@@H]3C(=O)O[C@H]5C4)cc2)cc1. The van der Waals surface area contributed by atoms with Gasteiger partial charge in [0.05, 0.1) is 11.8 Å². The Morgan fingerprint density at radius 3 is 2.27 bits per heavy atom. The lowest BCUT2D eigenvalue weighted by molar-refractivity contribution is -0.145. The van der Waals surface area contributed by atoms with Crippen molar-refractivity contribution in [2.75, 3.05) is 5.32 Å². The molecule has 156 valence electrons. The Labute approximate surface area is 176 Å². The van der Waals surface area contributed by atoms with Crippen molar-refractivity contribution in [3.8, 4) is 11.5 Å². The molecule has 1 N–H and O–H groups in total. The third-order valence-electron chi connectivity index (χ3n) is 6.86. The van der Waals surface area contributed by atoms with Gasteiger partial charge in [0, 0.05) is 11.6 Å². The second-order valence-corrected chi connectivity index (χ2v) is 9.81. The number of carbonyl (C=O) groups excluding carboxylic acids is 2. The number of hydrogen-bond acceptors (Lipinski definition) is 4. The molecule has 5 rings (SSSR count). The number of esters is 1. The first-order valence-corrected chi connectivity index (χ1v) is 10.7. The van der Waals surface area contributed by atoms with Crippen molar-refractivity contribution in [2.45, 2.75) is 45.1 Å². The fourth-order valence-electron chi connectivity index (χ4n) is 5.35. The molecule has 5 heteroatoms. The molecule has 0 aromatic heterocycles. The minimum absolute atomic E-state index is 0.0467. The van der Waals surface area contributed by atoms with Gasteiger partial charge in [-0.25, -0.2) is 0 Å². The van der Waals surface area contributed by atoms with Crippen LogP contribution in [0.25, 0.3) is 0 Å². The smallest absolute Gasteiger partial charge is 0.310 e. The average Bonchev–Trinajstić information content (AvgIpc) is 3.32. The largest absolute Gasteiger partial charge is 0.462 e. The summed E-state index contributed by atoms with van der Waals surface area (Å²) < 4.78 is 11.4. The van der Waals surface area contributed by atoms with Gasteiger partial charge >= 0.3 is 5.97 Å². The number of anilines is 1. The van der Waals surface area contributed by atoms with Crippen molar-refractivity contribution in [3.05, 3.63) is 54.1 Å². The zero-order valence-electron chi connectivity index (χ0n) is 17.6. The number of nitrogens with one attached hydrogen (secondary N) is 1. The average molecular weight is 405 g/mol. The zero-order chi connectivity index (χ0) is 21.0. The van der Waals surface area contributed by atoms with Crippen LogP contribution in [-0.4, -0.2) is 18.0 Å². The number of fused-ring (bicyclic) bond motifs is 1. The maximum Gasteiger partial charge on any atom is 0.310 e. The minimum Gasteiger partial charge on any atom is -0.462 e. The van der Waals surface area contributed by atoms with Gasteiger partial charge in [0.15, 0.2) is 0 Å². The lowest BCUT2D eigenvalue weighted by Crippen LogP contribution is -2.35. The number of hydrogen-bond donors (Lipinski definition) is 1. The molecule has 2 aromatic rings. The second kappa shape index (κ2) is 6.86. The highest BCUT2D eigenvalue weighted by Crippen LogP contribution is 2.57. The van der Waals surface area contributed by atoms with Crippen LogP contribution in [0, 0.1) is 23.7 Å². The Kier molecular flexibility index (Phi) is 4.38. The molecule has 5 nitrogen and oxygen atoms in total. The highest BCUT2D eigenvalue weighted by atomic mass is 16.6. The van der Waals surface area contributed by atoms with E-state index < -0.39 is 0 Å². The van der Waals surface area contributed by atoms with Gasteiger partial charge in [-0.2, -0.15) is 0 Å². The summed E-state index contributed by atoms with van der Waals surface area (Å²) in [5, 5.41) is 2.98. The molecule has 1 amide bonds. The predicted molar refractivity (Wildman–Crippen MR) is 113 cm³/mol. The van der Waals surface area contributed by atoms with E-state index in [2.05, 4.69) is 38.2 Å². The number of rotatable bonds is 4. The molecule has 30 heavy (non-hydrogen) atoms. The highest BCUT2D eigenvalue weighted by Gasteiger charge is 2.63. The molecule has 2 aliphatic carbocycles. The quantitative estimate of drug-likeness (QED) is 0.734. The minimum atomic E-state index is -0.265. The van der Waals surface area contributed by atoms with Crippen LogP contribution >= 0.6 is 0 Å². The number of ether oxygens (including phenoxy) is 2. The standard InChI is InChI=1S/C25H27NO4/c1-25(2,3)15-4-8-17(9-5-15)29-18-10-6-16(7-11-18)26-23(27)21-14-12-19-20(13-14)30-24(28)22(19)21/h4-11,14,19-22H,12-13H2,1-3H3,(H,26,27)/t14-,19+,20+,21-,22+/m1/s1. The molecule has 3 fully saturated rings. The normalized spacial score (nSPS) is 29.0. The monoisotopic (exact) mass is 405 g/mol. The van der Waals surface area contributed by atoms with Crippen LogP contribution in [0.3, 0.4) is 0 Å². The predicted octanol–water partition coefficient (Wildman–Crippen LogP) is 4.91. The maximum absolute atomic E-state index is 12.9. The third-order valence-corrected chi connectivity index (χ3v) is 6.86. The summed E-state index contributed by atoms with van der Waals surface area (Å²) in [6.07, 6.45) is 1.80. The van der Waals surface area contributed by atoms with E-state index in [-0.39, 0.29) is 47.1 Å². The van der Waals surface area contributed by atoms with Crippen molar-refractivity contribution in [2.24, 2.45) is 23.7 Å². The molecule has 1 heterocycles. The Morgan fingerprint density at radius 2 is 1.63 bits per heavy atom. The third kappa shape index (κ3) is 3.26. The van der Waals surface area contributed by atoms with Gasteiger partial charge in [-0.1, -0.05) is 32.9 Å². The highest BCUT2D eigenvalue weighted by molar-refractivity contribution is 5.97. The van der Waals surface area contributed by atoms with E-state index >= 15 is 0 Å². The van der Waals surface area contributed by atoms with Gasteiger partial charge in [0.25, 0.3) is 0 Å². The molecule has 0 unspecified atom stereocenters. The van der Waals surface area contributed by atoms with E-state index in [4.69, 9.17) is 9.47 Å². The van der Waals surface area contributed by atoms with E-state index in [9.17, 15) is 9.59 Å². The second-order valence-electron chi connectivity index (χ2n) is 9.81. The van der Waals surface area contributed by atoms with Gasteiger partial charge in [-0.15, -0.1) is 0 Å². The molecule has 5 atom stereocenters. The van der Waals surface area contributed by atoms with Crippen molar-refractivity contribution in [1.82, 2.24) is 0 Å². The van der Waals surface area contributed by atoms with Crippen LogP contribution in [-0.2, 0) is 19.7 Å². The maximum atomic E-state index is 12.9. The Hall–Kier alpha value is -2.82. The fraction of sp³-hybridized carbons (Fsp3) is 0.440. The molecule has 0 radical (unpaired) electrons. The van der Waals surface area contributed by atoms with E-state index in [0.29, 0.717) is 11.4 Å². The van der Waals surface area contributed by atoms with Crippen LogP contribution < -0.4 is 10.1 Å². The lowest BCUT2D eigenvalue weighted by Gasteiger charge is -2.23. The summed E-state index contributed by atoms with van der Waals surface area (Å²) in [5.41, 5.74) is 2.07. The van der Waals surface area contributed by atoms with Crippen molar-refractivity contribution >= 4 is 17.6 Å². The van der Waals surface area contributed by atoms with Gasteiger partial charge in [0.2, 0.25) is 5.91 Å². The van der Waals surface area contributed by atoms with Crippen molar-refractivity contribution < 1.29 is 19.1 Å². The molecular weight excluding hydrogens is 378 g/mol. The molecule has 3 aliphatic rings. The molecular formula is C25H27NO4. The summed E-state index contributed by atoms with van der Waals surface area (Å²) in [7, 11) is 0. The summed E-state index contributed by atoms with van der Waals surface area (Å²) in [5.74, 6) is 1.19. The van der Waals surface area contributed by atoms with Crippen LogP contribution in [0.4, 0.5) is 5.69 Å². The van der Waals surface area contributed by atoms with Gasteiger partial charge < -0.3 is 14.8 Å². The van der Waals surface area contributed by atoms with Crippen molar-refractivity contribution in [1.29, 1.82) is 0 Å². The first kappa shape index (κ1) is 19.2. The zero-order valence-corrected chi connectivity index (χ0v) is 17.6. The first-order valence-electron chi connectivity index (χ1n) is 10.7. The summed E-state index contributed by atoms with van der Waals surface area (Å²) >= 11 is 0.